The Morgan fingerprint density at radius 3 is 2.68 bits per heavy atom. The lowest BCUT2D eigenvalue weighted by atomic mass is 9.86. The van der Waals surface area contributed by atoms with Crippen LogP contribution in [0.25, 0.3) is 0 Å². The molecule has 5 nitrogen and oxygen atoms in total. The van der Waals surface area contributed by atoms with Crippen molar-refractivity contribution in [3.05, 3.63) is 29.6 Å². The number of carbonyl (C=O) groups excluding carboxylic acids is 2. The minimum atomic E-state index is -0.509. The Hall–Kier alpha value is -2.11. The minimum absolute atomic E-state index is 0.169. The lowest BCUT2D eigenvalue weighted by molar-refractivity contribution is -0.148. The molecular weight excluding hydrogens is 325 g/mol. The van der Waals surface area contributed by atoms with Crippen molar-refractivity contribution in [1.29, 1.82) is 0 Å². The van der Waals surface area contributed by atoms with Crippen molar-refractivity contribution in [2.45, 2.75) is 52.1 Å². The summed E-state index contributed by atoms with van der Waals surface area (Å²) < 4.78 is 24.4. The van der Waals surface area contributed by atoms with Gasteiger partial charge >= 0.3 is 5.97 Å². The van der Waals surface area contributed by atoms with Crippen molar-refractivity contribution < 1.29 is 23.5 Å². The third-order valence-corrected chi connectivity index (χ3v) is 4.14. The summed E-state index contributed by atoms with van der Waals surface area (Å²) in [4.78, 5) is 25.2. The number of esters is 1. The lowest BCUT2D eigenvalue weighted by Crippen LogP contribution is -2.32. The normalized spacial score (nSPS) is 17.5. The van der Waals surface area contributed by atoms with Gasteiger partial charge < -0.3 is 14.4 Å². The molecule has 1 aromatic rings. The fourth-order valence-electron chi connectivity index (χ4n) is 2.87. The van der Waals surface area contributed by atoms with E-state index in [1.807, 2.05) is 20.8 Å². The Labute approximate surface area is 148 Å². The zero-order valence-corrected chi connectivity index (χ0v) is 15.3. The molecule has 0 N–H and O–H groups in total. The molecule has 6 heteroatoms. The van der Waals surface area contributed by atoms with Gasteiger partial charge in [-0.25, -0.2) is 4.39 Å². The van der Waals surface area contributed by atoms with Crippen LogP contribution in [-0.2, 0) is 19.7 Å². The third kappa shape index (κ3) is 5.18. The fraction of sp³-hybridized carbons (Fsp3) is 0.579. The van der Waals surface area contributed by atoms with Crippen LogP contribution in [0, 0.1) is 5.82 Å². The highest BCUT2D eigenvalue weighted by atomic mass is 19.1. The number of likely N-dealkylation sites (tertiary alicyclic amines) is 1. The van der Waals surface area contributed by atoms with E-state index in [0.717, 1.165) is 5.56 Å². The van der Waals surface area contributed by atoms with Gasteiger partial charge in [0, 0.05) is 18.5 Å². The third-order valence-electron chi connectivity index (χ3n) is 4.14. The molecule has 0 radical (unpaired) electrons. The molecule has 1 atom stereocenters. The summed E-state index contributed by atoms with van der Waals surface area (Å²) in [6, 6.07) is 4.51. The molecule has 1 saturated heterocycles. The molecule has 1 aliphatic heterocycles. The Bertz CT molecular complexity index is 639. The van der Waals surface area contributed by atoms with Crippen LogP contribution in [0.4, 0.5) is 4.39 Å². The second-order valence-electron chi connectivity index (χ2n) is 7.24. The Morgan fingerprint density at radius 2 is 2.04 bits per heavy atom. The number of hydrogen-bond donors (Lipinski definition) is 0. The van der Waals surface area contributed by atoms with Crippen molar-refractivity contribution in [1.82, 2.24) is 4.90 Å². The van der Waals surface area contributed by atoms with E-state index in [4.69, 9.17) is 9.47 Å². The first-order chi connectivity index (χ1) is 11.7. The van der Waals surface area contributed by atoms with Crippen LogP contribution >= 0.6 is 0 Å². The van der Waals surface area contributed by atoms with Crippen molar-refractivity contribution in [3.8, 4) is 5.75 Å². The maximum atomic E-state index is 13.6. The minimum Gasteiger partial charge on any atom is -0.488 e. The van der Waals surface area contributed by atoms with Crippen LogP contribution in [0.3, 0.4) is 0 Å². The average molecular weight is 351 g/mol. The Morgan fingerprint density at radius 1 is 1.32 bits per heavy atom. The molecule has 0 saturated carbocycles. The van der Waals surface area contributed by atoms with Crippen LogP contribution in [-0.4, -0.2) is 42.6 Å². The standard InChI is InChI=1S/C19H26FNO4/c1-5-24-18(23)11-17(22)21-9-8-14(12-21)25-16-7-6-13(20)10-15(16)19(2,3)4/h6-7,10,14H,5,8-9,11-12H2,1-4H3. The first-order valence-corrected chi connectivity index (χ1v) is 8.60. The lowest BCUT2D eigenvalue weighted by Gasteiger charge is -2.25. The van der Waals surface area contributed by atoms with Gasteiger partial charge in [0.05, 0.1) is 13.2 Å². The first-order valence-electron chi connectivity index (χ1n) is 8.60. The monoisotopic (exact) mass is 351 g/mol. The number of amides is 1. The highest BCUT2D eigenvalue weighted by Crippen LogP contribution is 2.33. The highest BCUT2D eigenvalue weighted by molar-refractivity contribution is 5.94. The molecule has 0 aliphatic carbocycles. The number of benzene rings is 1. The molecule has 1 heterocycles. The SMILES string of the molecule is CCOC(=O)CC(=O)N1CCC(Oc2ccc(F)cc2C(C)(C)C)C1. The Kier molecular flexibility index (Phi) is 6.03. The van der Waals surface area contributed by atoms with E-state index in [1.165, 1.54) is 12.1 Å². The number of halogens is 1. The molecule has 0 aromatic heterocycles. The van der Waals surface area contributed by atoms with E-state index in [9.17, 15) is 14.0 Å². The first kappa shape index (κ1) is 19.2. The van der Waals surface area contributed by atoms with Gasteiger partial charge in [0.25, 0.3) is 0 Å². The summed E-state index contributed by atoms with van der Waals surface area (Å²) in [5.74, 6) is -0.418. The molecule has 138 valence electrons. The second-order valence-corrected chi connectivity index (χ2v) is 7.24. The second kappa shape index (κ2) is 7.85. The highest BCUT2D eigenvalue weighted by Gasteiger charge is 2.30. The van der Waals surface area contributed by atoms with Crippen molar-refractivity contribution in [3.63, 3.8) is 0 Å². The van der Waals surface area contributed by atoms with E-state index >= 15 is 0 Å². The molecule has 1 unspecified atom stereocenters. The molecule has 2 rings (SSSR count). The Balaban J connectivity index is 2.00. The summed E-state index contributed by atoms with van der Waals surface area (Å²) >= 11 is 0. The van der Waals surface area contributed by atoms with Gasteiger partial charge in [-0.1, -0.05) is 20.8 Å². The largest absolute Gasteiger partial charge is 0.488 e. The summed E-state index contributed by atoms with van der Waals surface area (Å²) in [5.41, 5.74) is 0.541. The maximum absolute atomic E-state index is 13.6. The molecule has 1 fully saturated rings. The molecule has 25 heavy (non-hydrogen) atoms. The van der Waals surface area contributed by atoms with Gasteiger partial charge in [0.1, 0.15) is 24.1 Å². The molecular formula is C19H26FNO4. The van der Waals surface area contributed by atoms with Gasteiger partial charge in [0.15, 0.2) is 0 Å². The van der Waals surface area contributed by atoms with E-state index in [0.29, 0.717) is 25.3 Å². The predicted octanol–water partition coefficient (Wildman–Crippen LogP) is 3.06. The van der Waals surface area contributed by atoms with Crippen LogP contribution in [0.2, 0.25) is 0 Å². The maximum Gasteiger partial charge on any atom is 0.315 e. The summed E-state index contributed by atoms with van der Waals surface area (Å²) in [6.07, 6.45) is 0.262. The number of rotatable bonds is 5. The molecule has 1 aromatic carbocycles. The topological polar surface area (TPSA) is 55.8 Å². The van der Waals surface area contributed by atoms with Gasteiger partial charge in [-0.05, 0) is 30.5 Å². The van der Waals surface area contributed by atoms with Crippen molar-refractivity contribution in [2.75, 3.05) is 19.7 Å². The molecule has 0 bridgehead atoms. The zero-order chi connectivity index (χ0) is 18.6. The van der Waals surface area contributed by atoms with E-state index in [2.05, 4.69) is 0 Å². The quantitative estimate of drug-likeness (QED) is 0.604. The fourth-order valence-corrected chi connectivity index (χ4v) is 2.87. The smallest absolute Gasteiger partial charge is 0.315 e. The summed E-state index contributed by atoms with van der Waals surface area (Å²) in [6.45, 7) is 8.92. The van der Waals surface area contributed by atoms with Gasteiger partial charge in [-0.15, -0.1) is 0 Å². The summed E-state index contributed by atoms with van der Waals surface area (Å²) in [5, 5.41) is 0. The predicted molar refractivity (Wildman–Crippen MR) is 92.0 cm³/mol. The van der Waals surface area contributed by atoms with Crippen LogP contribution in [0.5, 0.6) is 5.75 Å². The average Bonchev–Trinajstić information content (AvgIpc) is 2.97. The molecule has 1 amide bonds. The number of ether oxygens (including phenoxy) is 2. The zero-order valence-electron chi connectivity index (χ0n) is 15.3. The van der Waals surface area contributed by atoms with Crippen molar-refractivity contribution in [2.24, 2.45) is 0 Å². The van der Waals surface area contributed by atoms with Crippen LogP contribution in [0.1, 0.15) is 46.1 Å². The van der Waals surface area contributed by atoms with E-state index in [1.54, 1.807) is 17.9 Å². The molecule has 0 spiro atoms. The molecule has 1 aliphatic rings. The van der Waals surface area contributed by atoms with Gasteiger partial charge in [-0.3, -0.25) is 9.59 Å². The van der Waals surface area contributed by atoms with Crippen molar-refractivity contribution >= 4 is 11.9 Å². The summed E-state index contributed by atoms with van der Waals surface area (Å²) in [7, 11) is 0. The van der Waals surface area contributed by atoms with Crippen LogP contribution < -0.4 is 4.74 Å². The number of carbonyl (C=O) groups is 2. The van der Waals surface area contributed by atoms with Gasteiger partial charge in [0.2, 0.25) is 5.91 Å². The van der Waals surface area contributed by atoms with E-state index < -0.39 is 5.97 Å². The number of hydrogen-bond acceptors (Lipinski definition) is 4. The van der Waals surface area contributed by atoms with E-state index in [-0.39, 0.29) is 36.3 Å². The van der Waals surface area contributed by atoms with Crippen LogP contribution in [0.15, 0.2) is 18.2 Å². The number of nitrogens with zero attached hydrogens (tertiary/aromatic N) is 1. The van der Waals surface area contributed by atoms with Gasteiger partial charge in [-0.2, -0.15) is 0 Å².